The first-order valence-corrected chi connectivity index (χ1v) is 6.94. The monoisotopic (exact) mass is 254 g/mol. The molecule has 0 aromatic carbocycles. The van der Waals surface area contributed by atoms with E-state index in [0.717, 1.165) is 30.7 Å². The van der Waals surface area contributed by atoms with E-state index in [9.17, 15) is 4.79 Å². The number of carbonyl (C=O) groups is 1. The highest BCUT2D eigenvalue weighted by Gasteiger charge is 2.22. The molecule has 2 heterocycles. The summed E-state index contributed by atoms with van der Waals surface area (Å²) in [6, 6.07) is 0. The summed E-state index contributed by atoms with van der Waals surface area (Å²) in [6.45, 7) is 3.48. The lowest BCUT2D eigenvalue weighted by molar-refractivity contribution is -0.129. The molecule has 2 rings (SSSR count). The van der Waals surface area contributed by atoms with Gasteiger partial charge in [0.25, 0.3) is 0 Å². The van der Waals surface area contributed by atoms with Crippen LogP contribution in [0.25, 0.3) is 0 Å². The maximum Gasteiger partial charge on any atom is 0.249 e. The SMILES string of the molecule is CCc1cnc(CCNC(=O)C2CCCO2)s1. The van der Waals surface area contributed by atoms with Crippen LogP contribution in [-0.2, 0) is 22.4 Å². The van der Waals surface area contributed by atoms with Gasteiger partial charge in [0.1, 0.15) is 6.10 Å². The second-order valence-electron chi connectivity index (χ2n) is 4.12. The number of rotatable bonds is 5. The van der Waals surface area contributed by atoms with Crippen LogP contribution < -0.4 is 5.32 Å². The van der Waals surface area contributed by atoms with Crippen LogP contribution in [0.1, 0.15) is 29.7 Å². The van der Waals surface area contributed by atoms with Crippen molar-refractivity contribution in [3.8, 4) is 0 Å². The zero-order valence-electron chi connectivity index (χ0n) is 10.1. The lowest BCUT2D eigenvalue weighted by Gasteiger charge is -2.09. The first-order chi connectivity index (χ1) is 8.29. The standard InChI is InChI=1S/C12H18N2O2S/c1-2-9-8-14-11(17-9)5-6-13-12(15)10-4-3-7-16-10/h8,10H,2-7H2,1H3,(H,13,15). The van der Waals surface area contributed by atoms with Gasteiger partial charge in [0.15, 0.2) is 0 Å². The molecule has 1 aromatic heterocycles. The number of amides is 1. The fourth-order valence-corrected chi connectivity index (χ4v) is 2.68. The van der Waals surface area contributed by atoms with Gasteiger partial charge < -0.3 is 10.1 Å². The normalized spacial score (nSPS) is 19.5. The molecule has 1 aliphatic rings. The average Bonchev–Trinajstić information content (AvgIpc) is 3.00. The number of aryl methyl sites for hydroxylation is 1. The minimum atomic E-state index is -0.225. The molecule has 1 atom stereocenters. The Morgan fingerprint density at radius 3 is 3.24 bits per heavy atom. The van der Waals surface area contributed by atoms with Gasteiger partial charge in [-0.15, -0.1) is 11.3 Å². The van der Waals surface area contributed by atoms with Crippen molar-refractivity contribution < 1.29 is 9.53 Å². The first kappa shape index (κ1) is 12.5. The number of thiazole rings is 1. The van der Waals surface area contributed by atoms with Gasteiger partial charge in [0.05, 0.1) is 5.01 Å². The van der Waals surface area contributed by atoms with E-state index >= 15 is 0 Å². The maximum atomic E-state index is 11.6. The minimum absolute atomic E-state index is 0.0229. The zero-order chi connectivity index (χ0) is 12.1. The van der Waals surface area contributed by atoms with Crippen LogP contribution in [0.15, 0.2) is 6.20 Å². The molecule has 17 heavy (non-hydrogen) atoms. The molecule has 5 heteroatoms. The van der Waals surface area contributed by atoms with Gasteiger partial charge >= 0.3 is 0 Å². The van der Waals surface area contributed by atoms with Gasteiger partial charge in [-0.3, -0.25) is 4.79 Å². The summed E-state index contributed by atoms with van der Waals surface area (Å²) < 4.78 is 5.31. The summed E-state index contributed by atoms with van der Waals surface area (Å²) in [5.41, 5.74) is 0. The fourth-order valence-electron chi connectivity index (χ4n) is 1.82. The molecule has 0 bridgehead atoms. The van der Waals surface area contributed by atoms with Gasteiger partial charge in [-0.1, -0.05) is 6.92 Å². The quantitative estimate of drug-likeness (QED) is 0.867. The molecule has 1 aromatic rings. The number of hydrogen-bond donors (Lipinski definition) is 1. The molecule has 0 spiro atoms. The smallest absolute Gasteiger partial charge is 0.249 e. The molecule has 0 saturated carbocycles. The Balaban J connectivity index is 1.69. The Bertz CT molecular complexity index is 372. The first-order valence-electron chi connectivity index (χ1n) is 6.12. The van der Waals surface area contributed by atoms with Gasteiger partial charge in [0, 0.05) is 30.6 Å². The molecule has 1 saturated heterocycles. The lowest BCUT2D eigenvalue weighted by atomic mass is 10.2. The number of nitrogens with one attached hydrogen (secondary N) is 1. The topological polar surface area (TPSA) is 51.2 Å². The summed E-state index contributed by atoms with van der Waals surface area (Å²) in [5, 5.41) is 4.00. The second-order valence-corrected chi connectivity index (χ2v) is 5.32. The Labute approximate surface area is 105 Å². The molecule has 1 N–H and O–H groups in total. The van der Waals surface area contributed by atoms with Gasteiger partial charge in [-0.25, -0.2) is 4.98 Å². The van der Waals surface area contributed by atoms with E-state index in [2.05, 4.69) is 17.2 Å². The molecule has 1 fully saturated rings. The van der Waals surface area contributed by atoms with Crippen molar-refractivity contribution in [2.24, 2.45) is 0 Å². The molecule has 94 valence electrons. The van der Waals surface area contributed by atoms with Crippen LogP contribution in [0.5, 0.6) is 0 Å². The highest BCUT2D eigenvalue weighted by molar-refractivity contribution is 7.11. The van der Waals surface area contributed by atoms with E-state index in [1.807, 2.05) is 6.20 Å². The van der Waals surface area contributed by atoms with E-state index in [4.69, 9.17) is 4.74 Å². The van der Waals surface area contributed by atoms with Gasteiger partial charge in [-0.05, 0) is 19.3 Å². The Morgan fingerprint density at radius 2 is 2.59 bits per heavy atom. The number of ether oxygens (including phenoxy) is 1. The Kier molecular flexibility index (Phi) is 4.50. The van der Waals surface area contributed by atoms with Crippen LogP contribution >= 0.6 is 11.3 Å². The lowest BCUT2D eigenvalue weighted by Crippen LogP contribution is -2.35. The second kappa shape index (κ2) is 6.12. The molecule has 4 nitrogen and oxygen atoms in total. The Hall–Kier alpha value is -0.940. The summed E-state index contributed by atoms with van der Waals surface area (Å²) in [5.74, 6) is 0.0229. The Morgan fingerprint density at radius 1 is 1.71 bits per heavy atom. The van der Waals surface area contributed by atoms with E-state index in [0.29, 0.717) is 13.2 Å². The van der Waals surface area contributed by atoms with E-state index in [1.54, 1.807) is 11.3 Å². The van der Waals surface area contributed by atoms with Crippen molar-refractivity contribution in [3.63, 3.8) is 0 Å². The molecular weight excluding hydrogens is 236 g/mol. The van der Waals surface area contributed by atoms with E-state index < -0.39 is 0 Å². The molecule has 0 aliphatic carbocycles. The molecular formula is C12H18N2O2S. The molecule has 1 unspecified atom stereocenters. The highest BCUT2D eigenvalue weighted by atomic mass is 32.1. The van der Waals surface area contributed by atoms with Crippen LogP contribution in [0.3, 0.4) is 0 Å². The van der Waals surface area contributed by atoms with Crippen molar-refractivity contribution in [2.75, 3.05) is 13.2 Å². The van der Waals surface area contributed by atoms with Crippen LogP contribution in [-0.4, -0.2) is 30.1 Å². The molecule has 1 aliphatic heterocycles. The zero-order valence-corrected chi connectivity index (χ0v) is 10.9. The summed E-state index contributed by atoms with van der Waals surface area (Å²) in [7, 11) is 0. The third-order valence-electron chi connectivity index (χ3n) is 2.81. The van der Waals surface area contributed by atoms with Crippen molar-refractivity contribution in [1.82, 2.24) is 10.3 Å². The van der Waals surface area contributed by atoms with E-state index in [-0.39, 0.29) is 12.0 Å². The summed E-state index contributed by atoms with van der Waals surface area (Å²) >= 11 is 1.72. The predicted octanol–water partition coefficient (Wildman–Crippen LogP) is 1.54. The minimum Gasteiger partial charge on any atom is -0.368 e. The van der Waals surface area contributed by atoms with Crippen LogP contribution in [0, 0.1) is 0 Å². The number of hydrogen-bond acceptors (Lipinski definition) is 4. The van der Waals surface area contributed by atoms with Crippen LogP contribution in [0.2, 0.25) is 0 Å². The maximum absolute atomic E-state index is 11.6. The van der Waals surface area contributed by atoms with Gasteiger partial charge in [-0.2, -0.15) is 0 Å². The van der Waals surface area contributed by atoms with E-state index in [1.165, 1.54) is 4.88 Å². The van der Waals surface area contributed by atoms with Crippen molar-refractivity contribution >= 4 is 17.2 Å². The molecule has 1 amide bonds. The van der Waals surface area contributed by atoms with Crippen LogP contribution in [0.4, 0.5) is 0 Å². The number of nitrogens with zero attached hydrogens (tertiary/aromatic N) is 1. The third kappa shape index (κ3) is 3.51. The average molecular weight is 254 g/mol. The summed E-state index contributed by atoms with van der Waals surface area (Å²) in [6.07, 6.45) is 5.37. The number of carbonyl (C=O) groups excluding carboxylic acids is 1. The summed E-state index contributed by atoms with van der Waals surface area (Å²) in [4.78, 5) is 17.3. The van der Waals surface area contributed by atoms with Crippen molar-refractivity contribution in [1.29, 1.82) is 0 Å². The van der Waals surface area contributed by atoms with Crippen molar-refractivity contribution in [2.45, 2.75) is 38.7 Å². The van der Waals surface area contributed by atoms with Gasteiger partial charge in [0.2, 0.25) is 5.91 Å². The van der Waals surface area contributed by atoms with Crippen molar-refractivity contribution in [3.05, 3.63) is 16.1 Å². The fraction of sp³-hybridized carbons (Fsp3) is 0.667. The highest BCUT2D eigenvalue weighted by Crippen LogP contribution is 2.14. The largest absolute Gasteiger partial charge is 0.368 e. The predicted molar refractivity (Wildman–Crippen MR) is 67.2 cm³/mol. The third-order valence-corrected chi connectivity index (χ3v) is 4.01. The molecule has 0 radical (unpaired) electrons. The number of aromatic nitrogens is 1.